The van der Waals surface area contributed by atoms with E-state index in [0.717, 1.165) is 0 Å². The summed E-state index contributed by atoms with van der Waals surface area (Å²) in [7, 11) is 0. The van der Waals surface area contributed by atoms with Crippen LogP contribution in [0.5, 0.6) is 5.75 Å². The highest BCUT2D eigenvalue weighted by Gasteiger charge is 2.23. The molecule has 1 aromatic carbocycles. The molecule has 80 valence electrons. The molecule has 0 bridgehead atoms. The van der Waals surface area contributed by atoms with Gasteiger partial charge in [0.2, 0.25) is 5.91 Å². The van der Waals surface area contributed by atoms with Gasteiger partial charge in [0.05, 0.1) is 18.7 Å². The summed E-state index contributed by atoms with van der Waals surface area (Å²) in [6, 6.07) is 4.63. The van der Waals surface area contributed by atoms with Gasteiger partial charge in [-0.15, -0.1) is 0 Å². The van der Waals surface area contributed by atoms with Gasteiger partial charge in [-0.3, -0.25) is 4.79 Å². The molecule has 0 saturated heterocycles. The Morgan fingerprint density at radius 1 is 1.67 bits per heavy atom. The number of primary amides is 1. The summed E-state index contributed by atoms with van der Waals surface area (Å²) in [6.45, 7) is 0.458. The second-order valence-corrected chi connectivity index (χ2v) is 3.41. The highest BCUT2D eigenvalue weighted by molar-refractivity contribution is 5.74. The van der Waals surface area contributed by atoms with Crippen LogP contribution in [0.25, 0.3) is 0 Å². The van der Waals surface area contributed by atoms with Crippen molar-refractivity contribution >= 4 is 11.6 Å². The minimum Gasteiger partial charge on any atom is -0.483 e. The van der Waals surface area contributed by atoms with E-state index in [2.05, 4.69) is 5.32 Å². The quantitative estimate of drug-likeness (QED) is 0.761. The van der Waals surface area contributed by atoms with E-state index in [9.17, 15) is 9.18 Å². The van der Waals surface area contributed by atoms with Crippen molar-refractivity contribution in [3.63, 3.8) is 0 Å². The summed E-state index contributed by atoms with van der Waals surface area (Å²) >= 11 is 0. The van der Waals surface area contributed by atoms with Gasteiger partial charge in [-0.05, 0) is 12.1 Å². The lowest BCUT2D eigenvalue weighted by Crippen LogP contribution is -2.35. The number of anilines is 1. The lowest BCUT2D eigenvalue weighted by molar-refractivity contribution is -0.119. The van der Waals surface area contributed by atoms with Crippen LogP contribution in [0.1, 0.15) is 6.42 Å². The second-order valence-electron chi connectivity index (χ2n) is 3.41. The maximum atomic E-state index is 13.3. The fraction of sp³-hybridized carbons (Fsp3) is 0.300. The molecule has 5 heteroatoms. The van der Waals surface area contributed by atoms with E-state index in [4.69, 9.17) is 10.5 Å². The molecule has 3 N–H and O–H groups in total. The Morgan fingerprint density at radius 2 is 2.47 bits per heavy atom. The third-order valence-electron chi connectivity index (χ3n) is 2.20. The molecule has 0 aliphatic carbocycles. The van der Waals surface area contributed by atoms with E-state index >= 15 is 0 Å². The second kappa shape index (κ2) is 3.76. The fourth-order valence-corrected chi connectivity index (χ4v) is 1.54. The Bertz CT molecular complexity index is 395. The molecule has 0 aromatic heterocycles. The minimum absolute atomic E-state index is 0.0841. The number of hydrogen-bond donors (Lipinski definition) is 2. The van der Waals surface area contributed by atoms with Crippen molar-refractivity contribution < 1.29 is 13.9 Å². The van der Waals surface area contributed by atoms with Crippen LogP contribution in [0.2, 0.25) is 0 Å². The standard InChI is InChI=1S/C10H11FN2O2/c11-7-2-1-3-8-10(7)15-6(5-13-8)4-9(12)14/h1-3,6,13H,4-5H2,(H2,12,14). The zero-order valence-corrected chi connectivity index (χ0v) is 8.00. The van der Waals surface area contributed by atoms with Gasteiger partial charge in [0.15, 0.2) is 11.6 Å². The van der Waals surface area contributed by atoms with Crippen LogP contribution in [0.15, 0.2) is 18.2 Å². The smallest absolute Gasteiger partial charge is 0.221 e. The molecular formula is C10H11FN2O2. The average Bonchev–Trinajstić information content (AvgIpc) is 2.18. The number of nitrogens with one attached hydrogen (secondary N) is 1. The first kappa shape index (κ1) is 9.76. The predicted molar refractivity (Wildman–Crippen MR) is 53.1 cm³/mol. The van der Waals surface area contributed by atoms with E-state index in [1.54, 1.807) is 12.1 Å². The molecule has 1 aliphatic rings. The molecule has 15 heavy (non-hydrogen) atoms. The normalized spacial score (nSPS) is 18.6. The predicted octanol–water partition coefficient (Wildman–Crippen LogP) is 0.874. The summed E-state index contributed by atoms with van der Waals surface area (Å²) < 4.78 is 18.6. The Hall–Kier alpha value is -1.78. The van der Waals surface area contributed by atoms with Crippen LogP contribution in [0, 0.1) is 5.82 Å². The first-order valence-corrected chi connectivity index (χ1v) is 4.64. The molecule has 0 radical (unpaired) electrons. The highest BCUT2D eigenvalue weighted by Crippen LogP contribution is 2.31. The monoisotopic (exact) mass is 210 g/mol. The zero-order chi connectivity index (χ0) is 10.8. The maximum absolute atomic E-state index is 13.3. The van der Waals surface area contributed by atoms with Crippen LogP contribution in [-0.2, 0) is 4.79 Å². The maximum Gasteiger partial charge on any atom is 0.221 e. The van der Waals surface area contributed by atoms with Gasteiger partial charge in [-0.25, -0.2) is 4.39 Å². The Morgan fingerprint density at radius 3 is 3.20 bits per heavy atom. The van der Waals surface area contributed by atoms with E-state index in [1.807, 2.05) is 0 Å². The van der Waals surface area contributed by atoms with Gasteiger partial charge < -0.3 is 15.8 Å². The van der Waals surface area contributed by atoms with E-state index in [0.29, 0.717) is 12.2 Å². The molecule has 1 unspecified atom stereocenters. The number of carbonyl (C=O) groups is 1. The molecule has 1 amide bonds. The molecule has 4 nitrogen and oxygen atoms in total. The molecule has 1 atom stereocenters. The summed E-state index contributed by atoms with van der Waals surface area (Å²) in [5.41, 5.74) is 5.65. The Labute approximate surface area is 86.2 Å². The zero-order valence-electron chi connectivity index (χ0n) is 8.00. The number of para-hydroxylation sites is 1. The summed E-state index contributed by atoms with van der Waals surface area (Å²) in [6.07, 6.45) is -0.312. The Balaban J connectivity index is 2.18. The molecule has 0 fully saturated rings. The number of ether oxygens (including phenoxy) is 1. The van der Waals surface area contributed by atoms with Crippen LogP contribution in [-0.4, -0.2) is 18.6 Å². The molecule has 0 spiro atoms. The number of nitrogens with two attached hydrogens (primary N) is 1. The van der Waals surface area contributed by atoms with Crippen molar-refractivity contribution in [2.24, 2.45) is 5.73 Å². The summed E-state index contributed by atoms with van der Waals surface area (Å²) in [4.78, 5) is 10.7. The number of benzene rings is 1. The number of halogens is 1. The van der Waals surface area contributed by atoms with Crippen LogP contribution in [0.3, 0.4) is 0 Å². The van der Waals surface area contributed by atoms with E-state index in [-0.39, 0.29) is 12.2 Å². The SMILES string of the molecule is NC(=O)CC1CNc2cccc(F)c2O1. The number of fused-ring (bicyclic) bond motifs is 1. The molecule has 1 aromatic rings. The van der Waals surface area contributed by atoms with Crippen molar-refractivity contribution in [2.75, 3.05) is 11.9 Å². The minimum atomic E-state index is -0.457. The van der Waals surface area contributed by atoms with E-state index < -0.39 is 17.8 Å². The highest BCUT2D eigenvalue weighted by atomic mass is 19.1. The first-order valence-electron chi connectivity index (χ1n) is 4.64. The third kappa shape index (κ3) is 2.01. The lowest BCUT2D eigenvalue weighted by atomic mass is 10.2. The number of rotatable bonds is 2. The summed E-state index contributed by atoms with van der Waals surface area (Å²) in [5.74, 6) is -0.731. The number of carbonyl (C=O) groups excluding carboxylic acids is 1. The van der Waals surface area contributed by atoms with Crippen molar-refractivity contribution in [3.8, 4) is 5.75 Å². The number of amides is 1. The molecule has 2 rings (SSSR count). The van der Waals surface area contributed by atoms with Crippen LogP contribution in [0.4, 0.5) is 10.1 Å². The topological polar surface area (TPSA) is 64.4 Å². The van der Waals surface area contributed by atoms with Crippen LogP contribution < -0.4 is 15.8 Å². The first-order chi connectivity index (χ1) is 7.16. The van der Waals surface area contributed by atoms with Crippen molar-refractivity contribution in [2.45, 2.75) is 12.5 Å². The van der Waals surface area contributed by atoms with Gasteiger partial charge >= 0.3 is 0 Å². The van der Waals surface area contributed by atoms with Crippen molar-refractivity contribution in [3.05, 3.63) is 24.0 Å². The molecule has 1 aliphatic heterocycles. The van der Waals surface area contributed by atoms with Gasteiger partial charge in [-0.2, -0.15) is 0 Å². The third-order valence-corrected chi connectivity index (χ3v) is 2.20. The van der Waals surface area contributed by atoms with Gasteiger partial charge in [-0.1, -0.05) is 6.07 Å². The fourth-order valence-electron chi connectivity index (χ4n) is 1.54. The van der Waals surface area contributed by atoms with Gasteiger partial charge in [0.25, 0.3) is 0 Å². The molecule has 0 saturated carbocycles. The van der Waals surface area contributed by atoms with Crippen molar-refractivity contribution in [1.82, 2.24) is 0 Å². The number of hydrogen-bond acceptors (Lipinski definition) is 3. The molecular weight excluding hydrogens is 199 g/mol. The average molecular weight is 210 g/mol. The van der Waals surface area contributed by atoms with E-state index in [1.165, 1.54) is 6.07 Å². The van der Waals surface area contributed by atoms with Gasteiger partial charge in [0.1, 0.15) is 6.10 Å². The molecule has 1 heterocycles. The van der Waals surface area contributed by atoms with Gasteiger partial charge in [0, 0.05) is 0 Å². The lowest BCUT2D eigenvalue weighted by Gasteiger charge is -2.26. The summed E-state index contributed by atoms with van der Waals surface area (Å²) in [5, 5.41) is 2.99. The Kier molecular flexibility index (Phi) is 2.45. The van der Waals surface area contributed by atoms with Crippen LogP contribution >= 0.6 is 0 Å². The van der Waals surface area contributed by atoms with Crippen molar-refractivity contribution in [1.29, 1.82) is 0 Å². The largest absolute Gasteiger partial charge is 0.483 e.